The maximum Gasteiger partial charge on any atom is 0.296 e. The number of benzene rings is 1. The summed E-state index contributed by atoms with van der Waals surface area (Å²) in [4.78, 5) is 23.0. The van der Waals surface area contributed by atoms with Gasteiger partial charge >= 0.3 is 0 Å². The van der Waals surface area contributed by atoms with Gasteiger partial charge in [0.1, 0.15) is 11.4 Å². The molecule has 1 aromatic heterocycles. The molecule has 0 saturated heterocycles. The van der Waals surface area contributed by atoms with Crippen molar-refractivity contribution in [2.24, 2.45) is 5.92 Å². The van der Waals surface area contributed by atoms with Crippen LogP contribution in [0.15, 0.2) is 18.2 Å². The van der Waals surface area contributed by atoms with E-state index in [2.05, 4.69) is 10.4 Å². The lowest BCUT2D eigenvalue weighted by atomic mass is 10.1. The Morgan fingerprint density at radius 1 is 1.48 bits per heavy atom. The quantitative estimate of drug-likeness (QED) is 0.624. The lowest BCUT2D eigenvalue weighted by Crippen LogP contribution is -2.25. The Bertz CT molecular complexity index is 819. The zero-order valence-electron chi connectivity index (χ0n) is 14.4. The van der Waals surface area contributed by atoms with E-state index in [9.17, 15) is 14.9 Å². The summed E-state index contributed by atoms with van der Waals surface area (Å²) in [6.45, 7) is 5.64. The average Bonchev–Trinajstić information content (AvgIpc) is 2.81. The van der Waals surface area contributed by atoms with Gasteiger partial charge in [0.25, 0.3) is 5.69 Å². The number of halogens is 1. The van der Waals surface area contributed by atoms with E-state index in [0.717, 1.165) is 5.69 Å². The fourth-order valence-electron chi connectivity index (χ4n) is 2.35. The third-order valence-electron chi connectivity index (χ3n) is 3.85. The smallest absolute Gasteiger partial charge is 0.296 e. The highest BCUT2D eigenvalue weighted by molar-refractivity contribution is 6.31. The lowest BCUT2D eigenvalue weighted by molar-refractivity contribution is -0.384. The molecule has 0 saturated carbocycles. The van der Waals surface area contributed by atoms with Crippen molar-refractivity contribution in [3.05, 3.63) is 44.7 Å². The van der Waals surface area contributed by atoms with Crippen molar-refractivity contribution in [1.29, 1.82) is 0 Å². The Morgan fingerprint density at radius 2 is 2.16 bits per heavy atom. The van der Waals surface area contributed by atoms with Crippen LogP contribution in [0.5, 0.6) is 5.75 Å². The first-order chi connectivity index (χ1) is 11.7. The second-order valence-electron chi connectivity index (χ2n) is 5.70. The number of amides is 1. The van der Waals surface area contributed by atoms with Gasteiger partial charge in [0.05, 0.1) is 47.0 Å². The van der Waals surface area contributed by atoms with Crippen molar-refractivity contribution in [3.8, 4) is 5.75 Å². The first-order valence-electron chi connectivity index (χ1n) is 7.57. The number of anilines is 1. The van der Waals surface area contributed by atoms with E-state index in [1.54, 1.807) is 24.6 Å². The third kappa shape index (κ3) is 4.08. The van der Waals surface area contributed by atoms with Gasteiger partial charge in [-0.3, -0.25) is 19.6 Å². The van der Waals surface area contributed by atoms with Crippen LogP contribution in [-0.2, 0) is 11.3 Å². The second-order valence-corrected chi connectivity index (χ2v) is 6.08. The van der Waals surface area contributed by atoms with Gasteiger partial charge in [-0.2, -0.15) is 5.10 Å². The SMILES string of the molecule is COc1ccc(NC(=O)C(C)Cn2nc(C)c(Cl)c2C)c([N+](=O)[O-])c1. The molecule has 1 N–H and O–H groups in total. The van der Waals surface area contributed by atoms with Crippen molar-refractivity contribution < 1.29 is 14.5 Å². The monoisotopic (exact) mass is 366 g/mol. The van der Waals surface area contributed by atoms with Crippen molar-refractivity contribution in [2.45, 2.75) is 27.3 Å². The predicted octanol–water partition coefficient (Wildman–Crippen LogP) is 3.34. The van der Waals surface area contributed by atoms with Crippen LogP contribution in [-0.4, -0.2) is 27.7 Å². The Kier molecular flexibility index (Phi) is 5.63. The normalized spacial score (nSPS) is 11.9. The number of nitro groups is 1. The molecule has 0 spiro atoms. The standard InChI is InChI=1S/C16H19ClN4O4/c1-9(8-20-11(3)15(17)10(2)19-20)16(22)18-13-6-5-12(25-4)7-14(13)21(23)24/h5-7,9H,8H2,1-4H3,(H,18,22). The van der Waals surface area contributed by atoms with Gasteiger partial charge in [0.15, 0.2) is 0 Å². The molecular formula is C16H19ClN4O4. The summed E-state index contributed by atoms with van der Waals surface area (Å²) in [5.74, 6) is -0.470. The molecule has 0 fully saturated rings. The molecule has 1 amide bonds. The van der Waals surface area contributed by atoms with Crippen LogP contribution in [0.4, 0.5) is 11.4 Å². The zero-order valence-corrected chi connectivity index (χ0v) is 15.1. The van der Waals surface area contributed by atoms with Gasteiger partial charge in [0, 0.05) is 0 Å². The maximum atomic E-state index is 12.4. The molecule has 0 radical (unpaired) electrons. The highest BCUT2D eigenvalue weighted by atomic mass is 35.5. The first kappa shape index (κ1) is 18.7. The number of nitrogens with zero attached hydrogens (tertiary/aromatic N) is 3. The van der Waals surface area contributed by atoms with Gasteiger partial charge in [-0.25, -0.2) is 0 Å². The molecule has 2 aromatic rings. The van der Waals surface area contributed by atoms with Gasteiger partial charge in [-0.1, -0.05) is 18.5 Å². The fraction of sp³-hybridized carbons (Fsp3) is 0.375. The minimum absolute atomic E-state index is 0.119. The molecule has 1 aromatic carbocycles. The molecule has 0 aliphatic carbocycles. The highest BCUT2D eigenvalue weighted by Crippen LogP contribution is 2.29. The van der Waals surface area contributed by atoms with Crippen LogP contribution in [0.25, 0.3) is 0 Å². The maximum absolute atomic E-state index is 12.4. The Morgan fingerprint density at radius 3 is 2.68 bits per heavy atom. The van der Waals surface area contributed by atoms with Crippen LogP contribution in [0.3, 0.4) is 0 Å². The Labute approximate surface area is 149 Å². The average molecular weight is 367 g/mol. The molecule has 1 unspecified atom stereocenters. The van der Waals surface area contributed by atoms with E-state index in [1.807, 2.05) is 6.92 Å². The molecule has 8 nitrogen and oxygen atoms in total. The lowest BCUT2D eigenvalue weighted by Gasteiger charge is -2.14. The number of aromatic nitrogens is 2. The van der Waals surface area contributed by atoms with Gasteiger partial charge in [-0.05, 0) is 26.0 Å². The molecule has 0 aliphatic heterocycles. The van der Waals surface area contributed by atoms with Gasteiger partial charge in [-0.15, -0.1) is 0 Å². The van der Waals surface area contributed by atoms with E-state index in [0.29, 0.717) is 23.0 Å². The molecule has 134 valence electrons. The molecule has 1 heterocycles. The molecule has 1 atom stereocenters. The van der Waals surface area contributed by atoms with E-state index >= 15 is 0 Å². The number of aryl methyl sites for hydroxylation is 1. The molecule has 0 aliphatic rings. The van der Waals surface area contributed by atoms with E-state index in [1.165, 1.54) is 19.2 Å². The molecule has 0 bridgehead atoms. The van der Waals surface area contributed by atoms with Crippen molar-refractivity contribution >= 4 is 28.9 Å². The van der Waals surface area contributed by atoms with E-state index < -0.39 is 10.8 Å². The number of hydrogen-bond acceptors (Lipinski definition) is 5. The zero-order chi connectivity index (χ0) is 18.7. The highest BCUT2D eigenvalue weighted by Gasteiger charge is 2.21. The van der Waals surface area contributed by atoms with Crippen LogP contribution in [0.2, 0.25) is 5.02 Å². The molecule has 2 rings (SSSR count). The molecule has 9 heteroatoms. The van der Waals surface area contributed by atoms with E-state index in [-0.39, 0.29) is 17.3 Å². The summed E-state index contributed by atoms with van der Waals surface area (Å²) in [6, 6.07) is 4.26. The number of carbonyl (C=O) groups excluding carboxylic acids is 1. The summed E-state index contributed by atoms with van der Waals surface area (Å²) < 4.78 is 6.63. The Balaban J connectivity index is 2.16. The summed E-state index contributed by atoms with van der Waals surface area (Å²) >= 11 is 6.10. The third-order valence-corrected chi connectivity index (χ3v) is 4.39. The minimum atomic E-state index is -0.566. The number of carbonyl (C=O) groups is 1. The number of methoxy groups -OCH3 is 1. The van der Waals surface area contributed by atoms with Crippen molar-refractivity contribution in [2.75, 3.05) is 12.4 Å². The van der Waals surface area contributed by atoms with Crippen LogP contribution in [0.1, 0.15) is 18.3 Å². The topological polar surface area (TPSA) is 99.3 Å². The molecular weight excluding hydrogens is 348 g/mol. The predicted molar refractivity (Wildman–Crippen MR) is 94.2 cm³/mol. The number of nitrogens with one attached hydrogen (secondary N) is 1. The number of ether oxygens (including phenoxy) is 1. The van der Waals surface area contributed by atoms with E-state index in [4.69, 9.17) is 16.3 Å². The Hall–Kier alpha value is -2.61. The number of hydrogen-bond donors (Lipinski definition) is 1. The number of rotatable bonds is 6. The van der Waals surface area contributed by atoms with Crippen molar-refractivity contribution in [1.82, 2.24) is 9.78 Å². The fourth-order valence-corrected chi connectivity index (χ4v) is 2.48. The second kappa shape index (κ2) is 7.52. The summed E-state index contributed by atoms with van der Waals surface area (Å²) in [5, 5.41) is 18.6. The minimum Gasteiger partial charge on any atom is -0.496 e. The van der Waals surface area contributed by atoms with Gasteiger partial charge < -0.3 is 10.1 Å². The first-order valence-corrected chi connectivity index (χ1v) is 7.95. The number of nitro benzene ring substituents is 1. The van der Waals surface area contributed by atoms with Crippen molar-refractivity contribution in [3.63, 3.8) is 0 Å². The molecule has 25 heavy (non-hydrogen) atoms. The summed E-state index contributed by atoms with van der Waals surface area (Å²) in [7, 11) is 1.42. The van der Waals surface area contributed by atoms with Gasteiger partial charge in [0.2, 0.25) is 5.91 Å². The summed E-state index contributed by atoms with van der Waals surface area (Å²) in [6.07, 6.45) is 0. The van der Waals surface area contributed by atoms with Crippen LogP contribution >= 0.6 is 11.6 Å². The summed E-state index contributed by atoms with van der Waals surface area (Å²) in [5.41, 5.74) is 1.36. The van der Waals surface area contributed by atoms with Crippen LogP contribution < -0.4 is 10.1 Å². The largest absolute Gasteiger partial charge is 0.496 e. The van der Waals surface area contributed by atoms with Crippen LogP contribution in [0, 0.1) is 29.9 Å².